The zero-order valence-corrected chi connectivity index (χ0v) is 19.6. The lowest BCUT2D eigenvalue weighted by Gasteiger charge is -2.17. The van der Waals surface area contributed by atoms with Gasteiger partial charge in [0.05, 0.1) is 43.1 Å². The molecule has 0 saturated carbocycles. The lowest BCUT2D eigenvalue weighted by molar-refractivity contribution is -0.143. The van der Waals surface area contributed by atoms with Crippen LogP contribution < -0.4 is 10.1 Å². The number of ether oxygens (including phenoxy) is 2. The summed E-state index contributed by atoms with van der Waals surface area (Å²) in [6, 6.07) is 7.03. The highest BCUT2D eigenvalue weighted by Crippen LogP contribution is 2.38. The third-order valence-electron chi connectivity index (χ3n) is 5.21. The number of rotatable bonds is 10. The minimum Gasteiger partial charge on any atom is -0.496 e. The molecule has 178 valence electrons. The Balaban J connectivity index is 1.67. The second kappa shape index (κ2) is 10.5. The van der Waals surface area contributed by atoms with E-state index >= 15 is 0 Å². The van der Waals surface area contributed by atoms with Gasteiger partial charge in [-0.2, -0.15) is 10.2 Å². The van der Waals surface area contributed by atoms with Gasteiger partial charge in [-0.25, -0.2) is 9.50 Å². The van der Waals surface area contributed by atoms with Crippen LogP contribution in [0.2, 0.25) is 5.02 Å². The first-order valence-corrected chi connectivity index (χ1v) is 11.2. The summed E-state index contributed by atoms with van der Waals surface area (Å²) in [6.45, 7) is 2.56. The van der Waals surface area contributed by atoms with Gasteiger partial charge in [0.1, 0.15) is 5.75 Å². The molecule has 1 unspecified atom stereocenters. The van der Waals surface area contributed by atoms with Crippen molar-refractivity contribution in [1.82, 2.24) is 24.4 Å². The molecule has 3 aromatic heterocycles. The predicted molar refractivity (Wildman–Crippen MR) is 127 cm³/mol. The highest BCUT2D eigenvalue weighted by atomic mass is 35.5. The fourth-order valence-electron chi connectivity index (χ4n) is 3.68. The van der Waals surface area contributed by atoms with E-state index in [4.69, 9.17) is 21.1 Å². The van der Waals surface area contributed by atoms with E-state index in [9.17, 15) is 9.90 Å². The van der Waals surface area contributed by atoms with Crippen molar-refractivity contribution in [2.75, 3.05) is 19.0 Å². The van der Waals surface area contributed by atoms with Crippen LogP contribution >= 0.6 is 11.6 Å². The van der Waals surface area contributed by atoms with Crippen molar-refractivity contribution in [1.29, 1.82) is 0 Å². The molecule has 0 aliphatic rings. The normalized spacial score (nSPS) is 12.0. The van der Waals surface area contributed by atoms with E-state index in [1.165, 1.54) is 0 Å². The summed E-state index contributed by atoms with van der Waals surface area (Å²) >= 11 is 6.29. The molecule has 0 bridgehead atoms. The molecule has 4 rings (SSSR count). The van der Waals surface area contributed by atoms with Gasteiger partial charge in [-0.3, -0.25) is 9.48 Å². The molecular formula is C23H25ClN6O4. The number of nitrogens with zero attached hydrogens (tertiary/aromatic N) is 5. The number of aryl methyl sites for hydroxylation is 1. The average Bonchev–Trinajstić information content (AvgIpc) is 3.43. The van der Waals surface area contributed by atoms with E-state index in [1.54, 1.807) is 72.3 Å². The molecule has 0 saturated heterocycles. The fraction of sp³-hybridized carbons (Fsp3) is 0.304. The number of carbonyl (C=O) groups is 1. The molecule has 11 heteroatoms. The van der Waals surface area contributed by atoms with Gasteiger partial charge in [0.15, 0.2) is 11.9 Å². The van der Waals surface area contributed by atoms with Crippen LogP contribution in [0.3, 0.4) is 0 Å². The molecule has 0 aliphatic carbocycles. The Labute approximate surface area is 201 Å². The third kappa shape index (κ3) is 4.97. The molecule has 4 aromatic rings. The maximum absolute atomic E-state index is 11.8. The average molecular weight is 485 g/mol. The summed E-state index contributed by atoms with van der Waals surface area (Å²) in [7, 11) is 1.57. The fourth-order valence-corrected chi connectivity index (χ4v) is 3.85. The Morgan fingerprint density at radius 3 is 2.94 bits per heavy atom. The van der Waals surface area contributed by atoms with Crippen molar-refractivity contribution in [3.05, 3.63) is 59.6 Å². The topological polar surface area (TPSA) is 116 Å². The van der Waals surface area contributed by atoms with Gasteiger partial charge in [-0.1, -0.05) is 11.6 Å². The van der Waals surface area contributed by atoms with Crippen molar-refractivity contribution >= 4 is 28.9 Å². The van der Waals surface area contributed by atoms with Crippen LogP contribution in [0.5, 0.6) is 5.75 Å². The van der Waals surface area contributed by atoms with Crippen LogP contribution in [0.25, 0.3) is 16.9 Å². The number of nitrogens with one attached hydrogen (secondary N) is 1. The van der Waals surface area contributed by atoms with Crippen molar-refractivity contribution in [2.45, 2.75) is 32.5 Å². The number of benzene rings is 1. The standard InChI is InChI=1S/C23H25ClN6O4/c1-3-34-20(31)6-4-10-29-21(16-12-15(24)7-8-19(16)33-2)18(14-27-29)28-23(32)17-13-26-30-11-5-9-25-22(17)30/h5,7-9,11-14,23,28,32H,3-4,6,10H2,1-2H3. The van der Waals surface area contributed by atoms with E-state index in [1.807, 2.05) is 0 Å². The number of esters is 1. The van der Waals surface area contributed by atoms with Crippen molar-refractivity contribution in [3.63, 3.8) is 0 Å². The molecule has 34 heavy (non-hydrogen) atoms. The van der Waals surface area contributed by atoms with E-state index < -0.39 is 6.23 Å². The van der Waals surface area contributed by atoms with Crippen LogP contribution in [-0.2, 0) is 16.1 Å². The molecule has 0 radical (unpaired) electrons. The largest absolute Gasteiger partial charge is 0.496 e. The minimum atomic E-state index is -1.10. The van der Waals surface area contributed by atoms with Gasteiger partial charge in [0.25, 0.3) is 0 Å². The highest BCUT2D eigenvalue weighted by Gasteiger charge is 2.22. The number of hydrogen-bond donors (Lipinski definition) is 2. The molecule has 1 atom stereocenters. The van der Waals surface area contributed by atoms with Gasteiger partial charge in [0, 0.05) is 35.9 Å². The smallest absolute Gasteiger partial charge is 0.305 e. The van der Waals surface area contributed by atoms with Gasteiger partial charge >= 0.3 is 5.97 Å². The number of aliphatic hydroxyl groups is 1. The van der Waals surface area contributed by atoms with Crippen LogP contribution in [-0.4, -0.2) is 49.2 Å². The summed E-state index contributed by atoms with van der Waals surface area (Å²) in [5.74, 6) is 0.331. The predicted octanol–water partition coefficient (Wildman–Crippen LogP) is 3.70. The van der Waals surface area contributed by atoms with Gasteiger partial charge in [0.2, 0.25) is 0 Å². The molecular weight excluding hydrogens is 460 g/mol. The number of hydrogen-bond acceptors (Lipinski definition) is 8. The zero-order valence-electron chi connectivity index (χ0n) is 18.8. The number of anilines is 1. The minimum absolute atomic E-state index is 0.258. The van der Waals surface area contributed by atoms with Crippen LogP contribution in [0.15, 0.2) is 49.1 Å². The van der Waals surface area contributed by atoms with Gasteiger partial charge in [-0.05, 0) is 37.6 Å². The van der Waals surface area contributed by atoms with E-state index in [2.05, 4.69) is 20.5 Å². The van der Waals surface area contributed by atoms with E-state index in [-0.39, 0.29) is 12.4 Å². The Bertz CT molecular complexity index is 1290. The van der Waals surface area contributed by atoms with Gasteiger partial charge < -0.3 is 19.9 Å². The molecule has 10 nitrogen and oxygen atoms in total. The van der Waals surface area contributed by atoms with Crippen LogP contribution in [0, 0.1) is 0 Å². The number of fused-ring (bicyclic) bond motifs is 1. The van der Waals surface area contributed by atoms with Crippen molar-refractivity contribution in [3.8, 4) is 17.0 Å². The quantitative estimate of drug-likeness (QED) is 0.258. The SMILES string of the molecule is CCOC(=O)CCCn1ncc(NC(O)c2cnn3cccnc23)c1-c1cc(Cl)ccc1OC. The first kappa shape index (κ1) is 23.5. The summed E-state index contributed by atoms with van der Waals surface area (Å²) in [5.41, 5.74) is 2.95. The lowest BCUT2D eigenvalue weighted by atomic mass is 10.1. The summed E-state index contributed by atoms with van der Waals surface area (Å²) in [4.78, 5) is 16.1. The Hall–Kier alpha value is -3.63. The number of aliphatic hydroxyl groups excluding tert-OH is 1. The lowest BCUT2D eigenvalue weighted by Crippen LogP contribution is -2.12. The zero-order chi connectivity index (χ0) is 24.1. The van der Waals surface area contributed by atoms with E-state index in [0.717, 1.165) is 0 Å². The van der Waals surface area contributed by atoms with Crippen LogP contribution in [0.4, 0.5) is 5.69 Å². The van der Waals surface area contributed by atoms with Gasteiger partial charge in [-0.15, -0.1) is 0 Å². The highest BCUT2D eigenvalue weighted by molar-refractivity contribution is 6.31. The molecule has 1 aromatic carbocycles. The number of methoxy groups -OCH3 is 1. The molecule has 0 fully saturated rings. The molecule has 0 aliphatic heterocycles. The van der Waals surface area contributed by atoms with Crippen molar-refractivity contribution in [2.24, 2.45) is 0 Å². The monoisotopic (exact) mass is 484 g/mol. The first-order valence-electron chi connectivity index (χ1n) is 10.8. The Morgan fingerprint density at radius 1 is 1.29 bits per heavy atom. The van der Waals surface area contributed by atoms with Crippen LogP contribution in [0.1, 0.15) is 31.6 Å². The summed E-state index contributed by atoms with van der Waals surface area (Å²) in [5, 5.41) is 23.3. The van der Waals surface area contributed by atoms with Crippen molar-refractivity contribution < 1.29 is 19.4 Å². The second-order valence-corrected chi connectivity index (χ2v) is 7.85. The third-order valence-corrected chi connectivity index (χ3v) is 5.44. The number of carbonyl (C=O) groups excluding carboxylic acids is 1. The maximum atomic E-state index is 11.8. The maximum Gasteiger partial charge on any atom is 0.305 e. The number of halogens is 1. The molecule has 2 N–H and O–H groups in total. The molecule has 0 spiro atoms. The van der Waals surface area contributed by atoms with E-state index in [0.29, 0.717) is 58.5 Å². The Kier molecular flexibility index (Phi) is 7.29. The Morgan fingerprint density at radius 2 is 2.15 bits per heavy atom. The molecule has 3 heterocycles. The first-order chi connectivity index (χ1) is 16.5. The molecule has 0 amide bonds. The summed E-state index contributed by atoms with van der Waals surface area (Å²) < 4.78 is 13.9. The summed E-state index contributed by atoms with van der Waals surface area (Å²) in [6.07, 6.45) is 6.24. The number of aromatic nitrogens is 5. The second-order valence-electron chi connectivity index (χ2n) is 7.42.